The SMILES string of the molecule is C[C@@H]1O[C@H](n2c(S)nc(C(N)=O)c2N)[C@@H](O)[C@H]1O. The van der Waals surface area contributed by atoms with Gasteiger partial charge in [0.15, 0.2) is 17.1 Å². The van der Waals surface area contributed by atoms with Crippen LogP contribution in [0.3, 0.4) is 0 Å². The van der Waals surface area contributed by atoms with E-state index in [1.165, 1.54) is 4.57 Å². The molecule has 18 heavy (non-hydrogen) atoms. The highest BCUT2D eigenvalue weighted by atomic mass is 32.1. The van der Waals surface area contributed by atoms with Gasteiger partial charge in [-0.3, -0.25) is 9.36 Å². The van der Waals surface area contributed by atoms with Gasteiger partial charge in [0.1, 0.15) is 18.0 Å². The van der Waals surface area contributed by atoms with Crippen LogP contribution in [0, 0.1) is 0 Å². The monoisotopic (exact) mass is 274 g/mol. The quantitative estimate of drug-likeness (QED) is 0.416. The molecule has 1 aliphatic rings. The third-order valence-corrected chi connectivity index (χ3v) is 3.21. The molecule has 0 radical (unpaired) electrons. The van der Waals surface area contributed by atoms with Gasteiger partial charge in [0.05, 0.1) is 6.10 Å². The van der Waals surface area contributed by atoms with Gasteiger partial charge in [-0.15, -0.1) is 12.6 Å². The lowest BCUT2D eigenvalue weighted by Gasteiger charge is -2.18. The first-order chi connectivity index (χ1) is 8.34. The number of thiol groups is 1. The Morgan fingerprint density at radius 3 is 2.50 bits per heavy atom. The summed E-state index contributed by atoms with van der Waals surface area (Å²) in [6, 6.07) is 0. The normalized spacial score (nSPS) is 31.8. The molecule has 8 nitrogen and oxygen atoms in total. The number of aliphatic hydroxyl groups excluding tert-OH is 2. The number of imidazole rings is 1. The summed E-state index contributed by atoms with van der Waals surface area (Å²) in [4.78, 5) is 14.9. The first-order valence-corrected chi connectivity index (χ1v) is 5.67. The number of carbonyl (C=O) groups excluding carboxylic acids is 1. The van der Waals surface area contributed by atoms with Crippen LogP contribution in [0.25, 0.3) is 0 Å². The number of nitrogen functional groups attached to an aromatic ring is 1. The fourth-order valence-electron chi connectivity index (χ4n) is 1.91. The van der Waals surface area contributed by atoms with Crippen molar-refractivity contribution in [3.05, 3.63) is 5.69 Å². The molecule has 0 aromatic carbocycles. The smallest absolute Gasteiger partial charge is 0.271 e. The Morgan fingerprint density at radius 1 is 1.50 bits per heavy atom. The van der Waals surface area contributed by atoms with Crippen molar-refractivity contribution < 1.29 is 19.7 Å². The number of nitrogens with zero attached hydrogens (tertiary/aromatic N) is 2. The summed E-state index contributed by atoms with van der Waals surface area (Å²) in [5.74, 6) is -0.861. The summed E-state index contributed by atoms with van der Waals surface area (Å²) >= 11 is 4.05. The van der Waals surface area contributed by atoms with Crippen LogP contribution in [0.5, 0.6) is 0 Å². The molecule has 1 aromatic heterocycles. The van der Waals surface area contributed by atoms with E-state index in [-0.39, 0.29) is 16.7 Å². The predicted molar refractivity (Wildman–Crippen MR) is 64.0 cm³/mol. The largest absolute Gasteiger partial charge is 0.388 e. The van der Waals surface area contributed by atoms with Gasteiger partial charge in [0, 0.05) is 0 Å². The average Bonchev–Trinajstić information content (AvgIpc) is 2.71. The van der Waals surface area contributed by atoms with Crippen molar-refractivity contribution in [3.63, 3.8) is 0 Å². The maximum atomic E-state index is 11.1. The number of aromatic nitrogens is 2. The number of primary amides is 1. The van der Waals surface area contributed by atoms with Crippen LogP contribution in [-0.2, 0) is 4.74 Å². The molecule has 1 saturated heterocycles. The highest BCUT2D eigenvalue weighted by Gasteiger charge is 2.43. The first kappa shape index (κ1) is 13.1. The van der Waals surface area contributed by atoms with Crippen LogP contribution in [0.2, 0.25) is 0 Å². The maximum absolute atomic E-state index is 11.1. The van der Waals surface area contributed by atoms with Crippen molar-refractivity contribution >= 4 is 24.4 Å². The van der Waals surface area contributed by atoms with Crippen LogP contribution in [-0.4, -0.2) is 44.0 Å². The fraction of sp³-hybridized carbons (Fsp3) is 0.556. The van der Waals surface area contributed by atoms with Crippen LogP contribution in [0.4, 0.5) is 5.82 Å². The Morgan fingerprint density at radius 2 is 2.11 bits per heavy atom. The van der Waals surface area contributed by atoms with Crippen LogP contribution in [0.15, 0.2) is 5.16 Å². The van der Waals surface area contributed by atoms with Crippen LogP contribution in [0.1, 0.15) is 23.6 Å². The number of nitrogens with two attached hydrogens (primary N) is 2. The molecule has 100 valence electrons. The van der Waals surface area contributed by atoms with Crippen LogP contribution < -0.4 is 11.5 Å². The van der Waals surface area contributed by atoms with Crippen LogP contribution >= 0.6 is 12.6 Å². The van der Waals surface area contributed by atoms with Crippen molar-refractivity contribution in [2.75, 3.05) is 5.73 Å². The van der Waals surface area contributed by atoms with Gasteiger partial charge in [-0.25, -0.2) is 4.98 Å². The Balaban J connectivity index is 2.43. The topological polar surface area (TPSA) is 137 Å². The molecule has 2 rings (SSSR count). The molecular formula is C9H14N4O4S. The summed E-state index contributed by atoms with van der Waals surface area (Å²) in [6.45, 7) is 1.61. The highest BCUT2D eigenvalue weighted by Crippen LogP contribution is 2.34. The van der Waals surface area contributed by atoms with E-state index >= 15 is 0 Å². The summed E-state index contributed by atoms with van der Waals surface area (Å²) in [5.41, 5.74) is 10.7. The van der Waals surface area contributed by atoms with Gasteiger partial charge in [-0.2, -0.15) is 0 Å². The average molecular weight is 274 g/mol. The van der Waals surface area contributed by atoms with Gasteiger partial charge < -0.3 is 26.4 Å². The standard InChI is InChI=1S/C9H14N4O4S/c1-2-4(14)5(15)8(17-2)13-6(10)3(7(11)16)12-9(13)18/h2,4-5,8,14-15H,10H2,1H3,(H2,11,16)(H,12,18)/t2-,4-,5-,8-/m0/s1. The van der Waals surface area contributed by atoms with Crippen molar-refractivity contribution in [1.82, 2.24) is 9.55 Å². The number of amides is 1. The number of aliphatic hydroxyl groups is 2. The maximum Gasteiger partial charge on any atom is 0.271 e. The zero-order chi connectivity index (χ0) is 13.6. The lowest BCUT2D eigenvalue weighted by Crippen LogP contribution is -2.31. The molecule has 2 heterocycles. The summed E-state index contributed by atoms with van der Waals surface area (Å²) in [5, 5.41) is 19.6. The molecule has 9 heteroatoms. The molecule has 6 N–H and O–H groups in total. The molecule has 0 aliphatic carbocycles. The summed E-state index contributed by atoms with van der Waals surface area (Å²) < 4.78 is 6.59. The van der Waals surface area contributed by atoms with E-state index < -0.39 is 30.4 Å². The van der Waals surface area contributed by atoms with E-state index in [0.29, 0.717) is 0 Å². The second kappa shape index (κ2) is 4.43. The predicted octanol–water partition coefficient (Wildman–Crippen LogP) is -1.51. The minimum absolute atomic E-state index is 0.0575. The molecule has 4 atom stereocenters. The minimum Gasteiger partial charge on any atom is -0.388 e. The third kappa shape index (κ3) is 1.85. The molecule has 0 bridgehead atoms. The Kier molecular flexibility index (Phi) is 3.23. The molecule has 1 amide bonds. The zero-order valence-electron chi connectivity index (χ0n) is 9.52. The van der Waals surface area contributed by atoms with E-state index in [9.17, 15) is 15.0 Å². The molecule has 0 unspecified atom stereocenters. The lowest BCUT2D eigenvalue weighted by molar-refractivity contribution is -0.0357. The molecule has 0 spiro atoms. The van der Waals surface area contributed by atoms with Crippen molar-refractivity contribution in [2.24, 2.45) is 5.73 Å². The number of ether oxygens (including phenoxy) is 1. The van der Waals surface area contributed by atoms with Crippen molar-refractivity contribution in [2.45, 2.75) is 36.6 Å². The molecule has 1 aromatic rings. The van der Waals surface area contributed by atoms with E-state index in [1.54, 1.807) is 6.92 Å². The number of hydrogen-bond acceptors (Lipinski definition) is 7. The second-order valence-corrected chi connectivity index (χ2v) is 4.49. The van der Waals surface area contributed by atoms with Gasteiger partial charge in [0.25, 0.3) is 5.91 Å². The van der Waals surface area contributed by atoms with Gasteiger partial charge in [-0.1, -0.05) is 0 Å². The number of anilines is 1. The fourth-order valence-corrected chi connectivity index (χ4v) is 2.23. The Bertz CT molecular complexity index is 491. The number of rotatable bonds is 2. The molecular weight excluding hydrogens is 260 g/mol. The zero-order valence-corrected chi connectivity index (χ0v) is 10.4. The highest BCUT2D eigenvalue weighted by molar-refractivity contribution is 7.80. The van der Waals surface area contributed by atoms with Crippen molar-refractivity contribution in [1.29, 1.82) is 0 Å². The van der Waals surface area contributed by atoms with E-state index in [4.69, 9.17) is 16.2 Å². The Hall–Kier alpha value is -1.29. The van der Waals surface area contributed by atoms with Gasteiger partial charge in [0.2, 0.25) is 0 Å². The van der Waals surface area contributed by atoms with Gasteiger partial charge >= 0.3 is 0 Å². The van der Waals surface area contributed by atoms with E-state index in [2.05, 4.69) is 17.6 Å². The van der Waals surface area contributed by atoms with Gasteiger partial charge in [-0.05, 0) is 6.92 Å². The van der Waals surface area contributed by atoms with E-state index in [0.717, 1.165) is 0 Å². The number of carbonyl (C=O) groups is 1. The Labute approximate surface area is 108 Å². The second-order valence-electron chi connectivity index (χ2n) is 4.09. The first-order valence-electron chi connectivity index (χ1n) is 5.22. The third-order valence-electron chi connectivity index (χ3n) is 2.89. The summed E-state index contributed by atoms with van der Waals surface area (Å²) in [7, 11) is 0. The molecule has 0 saturated carbocycles. The lowest BCUT2D eigenvalue weighted by atomic mass is 10.1. The van der Waals surface area contributed by atoms with Crippen molar-refractivity contribution in [3.8, 4) is 0 Å². The molecule has 1 fully saturated rings. The minimum atomic E-state index is -1.19. The van der Waals surface area contributed by atoms with E-state index in [1.807, 2.05) is 0 Å². The molecule has 1 aliphatic heterocycles. The number of hydrogen-bond donors (Lipinski definition) is 5. The summed E-state index contributed by atoms with van der Waals surface area (Å²) in [6.07, 6.45) is -3.77.